The van der Waals surface area contributed by atoms with E-state index in [1.807, 2.05) is 44.2 Å². The number of carbonyl (C=O) groups is 2. The van der Waals surface area contributed by atoms with E-state index in [-0.39, 0.29) is 30.0 Å². The zero-order valence-corrected chi connectivity index (χ0v) is 19.9. The summed E-state index contributed by atoms with van der Waals surface area (Å²) < 4.78 is 44.6. The first kappa shape index (κ1) is 25.3. The number of nitrogens with zero attached hydrogens (tertiary/aromatic N) is 1. The number of H-pyrrole nitrogens is 1. The number of anilines is 1. The van der Waals surface area contributed by atoms with Crippen LogP contribution in [0.25, 0.3) is 0 Å². The number of amides is 2. The fourth-order valence-corrected chi connectivity index (χ4v) is 4.10. The molecule has 0 aliphatic heterocycles. The molecule has 1 fully saturated rings. The number of ether oxygens (including phenoxy) is 1. The second-order valence-corrected chi connectivity index (χ2v) is 9.36. The molecule has 1 saturated carbocycles. The average molecular weight is 501 g/mol. The Morgan fingerprint density at radius 2 is 1.72 bits per heavy atom. The molecular weight excluding hydrogens is 473 g/mol. The summed E-state index contributed by atoms with van der Waals surface area (Å²) in [6, 6.07) is 16.3. The number of benzene rings is 2. The molecule has 2 amide bonds. The van der Waals surface area contributed by atoms with E-state index >= 15 is 0 Å². The standard InChI is InChI=1S/C26H27F3N4O3/c1-25(2,18-9-4-3-5-10-18)23(34)31-22-14-21(32-33-22)17-12-19(13-17)36-24(35)30-15-16-8-6-7-11-20(16)26(27,28)29/h3-11,14,17,19H,12-13,15H2,1-2H3,(H,30,35)(H2,31,32,33,34). The zero-order chi connectivity index (χ0) is 25.9. The van der Waals surface area contributed by atoms with Crippen molar-refractivity contribution >= 4 is 17.8 Å². The van der Waals surface area contributed by atoms with Crippen LogP contribution in [0.3, 0.4) is 0 Å². The van der Waals surface area contributed by atoms with Crippen molar-refractivity contribution in [2.45, 2.75) is 56.8 Å². The second-order valence-electron chi connectivity index (χ2n) is 9.36. The molecule has 0 saturated heterocycles. The first-order chi connectivity index (χ1) is 17.0. The maximum atomic E-state index is 13.1. The Kier molecular flexibility index (Phi) is 7.05. The minimum Gasteiger partial charge on any atom is -0.446 e. The van der Waals surface area contributed by atoms with E-state index in [9.17, 15) is 22.8 Å². The highest BCUT2D eigenvalue weighted by atomic mass is 19.4. The molecule has 0 spiro atoms. The molecule has 10 heteroatoms. The predicted molar refractivity (Wildman–Crippen MR) is 127 cm³/mol. The van der Waals surface area contributed by atoms with Crippen molar-refractivity contribution in [3.8, 4) is 0 Å². The molecule has 3 N–H and O–H groups in total. The van der Waals surface area contributed by atoms with Crippen molar-refractivity contribution in [3.63, 3.8) is 0 Å². The minimum atomic E-state index is -4.50. The van der Waals surface area contributed by atoms with Crippen molar-refractivity contribution in [2.24, 2.45) is 0 Å². The minimum absolute atomic E-state index is 0.0316. The topological polar surface area (TPSA) is 96.1 Å². The smallest absolute Gasteiger partial charge is 0.416 e. The zero-order valence-electron chi connectivity index (χ0n) is 19.9. The molecule has 1 heterocycles. The van der Waals surface area contributed by atoms with E-state index in [4.69, 9.17) is 4.74 Å². The Labute approximate surface area is 206 Å². The molecule has 0 atom stereocenters. The maximum Gasteiger partial charge on any atom is 0.416 e. The van der Waals surface area contributed by atoms with Gasteiger partial charge in [0.05, 0.1) is 11.0 Å². The maximum absolute atomic E-state index is 13.1. The van der Waals surface area contributed by atoms with E-state index < -0.39 is 23.2 Å². The lowest BCUT2D eigenvalue weighted by Gasteiger charge is -2.33. The lowest BCUT2D eigenvalue weighted by Crippen LogP contribution is -2.36. The van der Waals surface area contributed by atoms with Gasteiger partial charge in [-0.3, -0.25) is 9.89 Å². The van der Waals surface area contributed by atoms with E-state index in [1.165, 1.54) is 18.2 Å². The van der Waals surface area contributed by atoms with Gasteiger partial charge in [-0.05, 0) is 43.9 Å². The molecule has 36 heavy (non-hydrogen) atoms. The van der Waals surface area contributed by atoms with Gasteiger partial charge >= 0.3 is 12.3 Å². The van der Waals surface area contributed by atoms with Crippen molar-refractivity contribution in [1.82, 2.24) is 15.5 Å². The van der Waals surface area contributed by atoms with Gasteiger partial charge in [-0.25, -0.2) is 4.79 Å². The van der Waals surface area contributed by atoms with Gasteiger partial charge in [0, 0.05) is 24.2 Å². The van der Waals surface area contributed by atoms with Crippen molar-refractivity contribution in [1.29, 1.82) is 0 Å². The number of alkyl carbamates (subject to hydrolysis) is 1. The molecule has 3 aromatic rings. The van der Waals surface area contributed by atoms with Crippen molar-refractivity contribution in [3.05, 3.63) is 83.0 Å². The molecule has 4 rings (SSSR count). The third kappa shape index (κ3) is 5.69. The number of aromatic nitrogens is 2. The number of hydrogen-bond donors (Lipinski definition) is 3. The normalized spacial score (nSPS) is 17.7. The quantitative estimate of drug-likeness (QED) is 0.398. The number of alkyl halides is 3. The summed E-state index contributed by atoms with van der Waals surface area (Å²) >= 11 is 0. The fourth-order valence-electron chi connectivity index (χ4n) is 4.10. The van der Waals surface area contributed by atoms with Gasteiger partial charge in [-0.15, -0.1) is 0 Å². The molecule has 190 valence electrons. The van der Waals surface area contributed by atoms with Gasteiger partial charge in [0.1, 0.15) is 6.10 Å². The largest absolute Gasteiger partial charge is 0.446 e. The van der Waals surface area contributed by atoms with Gasteiger partial charge in [-0.1, -0.05) is 48.5 Å². The molecule has 1 aliphatic carbocycles. The molecule has 0 bridgehead atoms. The number of hydrogen-bond acceptors (Lipinski definition) is 4. The van der Waals surface area contributed by atoms with Gasteiger partial charge in [-0.2, -0.15) is 18.3 Å². The van der Waals surface area contributed by atoms with Gasteiger partial charge < -0.3 is 15.4 Å². The first-order valence-corrected chi connectivity index (χ1v) is 11.6. The van der Waals surface area contributed by atoms with E-state index in [2.05, 4.69) is 20.8 Å². The third-order valence-corrected chi connectivity index (χ3v) is 6.46. The molecule has 1 aliphatic rings. The van der Waals surface area contributed by atoms with Crippen LogP contribution < -0.4 is 10.6 Å². The molecule has 2 aromatic carbocycles. The van der Waals surface area contributed by atoms with Crippen LogP contribution in [0.5, 0.6) is 0 Å². The summed E-state index contributed by atoms with van der Waals surface area (Å²) in [5.41, 5.74) is 0.128. The molecule has 1 aromatic heterocycles. The number of carbonyl (C=O) groups excluding carboxylic acids is 2. The van der Waals surface area contributed by atoms with Crippen molar-refractivity contribution in [2.75, 3.05) is 5.32 Å². The molecule has 0 unspecified atom stereocenters. The third-order valence-electron chi connectivity index (χ3n) is 6.46. The summed E-state index contributed by atoms with van der Waals surface area (Å²) in [4.78, 5) is 24.9. The van der Waals surface area contributed by atoms with Crippen LogP contribution in [0, 0.1) is 0 Å². The summed E-state index contributed by atoms with van der Waals surface area (Å²) in [6.45, 7) is 3.39. The lowest BCUT2D eigenvalue weighted by molar-refractivity contribution is -0.138. The van der Waals surface area contributed by atoms with Gasteiger partial charge in [0.2, 0.25) is 5.91 Å². The Balaban J connectivity index is 1.24. The van der Waals surface area contributed by atoms with Gasteiger partial charge in [0.15, 0.2) is 5.82 Å². The summed E-state index contributed by atoms with van der Waals surface area (Å²) in [7, 11) is 0. The molecule has 7 nitrogen and oxygen atoms in total. The molecule has 0 radical (unpaired) electrons. The monoisotopic (exact) mass is 500 g/mol. The number of halogens is 3. The highest BCUT2D eigenvalue weighted by molar-refractivity contribution is 5.97. The Bertz CT molecular complexity index is 1220. The predicted octanol–water partition coefficient (Wildman–Crippen LogP) is 5.52. The van der Waals surface area contributed by atoms with Crippen LogP contribution in [-0.4, -0.2) is 28.3 Å². The number of aromatic amines is 1. The first-order valence-electron chi connectivity index (χ1n) is 11.6. The van der Waals surface area contributed by atoms with Crippen LogP contribution >= 0.6 is 0 Å². The fraction of sp³-hybridized carbons (Fsp3) is 0.346. The van der Waals surface area contributed by atoms with Crippen LogP contribution in [-0.2, 0) is 27.7 Å². The highest BCUT2D eigenvalue weighted by Gasteiger charge is 2.36. The van der Waals surface area contributed by atoms with E-state index in [1.54, 1.807) is 6.07 Å². The van der Waals surface area contributed by atoms with Crippen LogP contribution in [0.2, 0.25) is 0 Å². The van der Waals surface area contributed by atoms with E-state index in [0.717, 1.165) is 17.3 Å². The summed E-state index contributed by atoms with van der Waals surface area (Å²) in [5.74, 6) is 0.281. The van der Waals surface area contributed by atoms with Crippen LogP contribution in [0.15, 0.2) is 60.7 Å². The van der Waals surface area contributed by atoms with E-state index in [0.29, 0.717) is 18.7 Å². The Morgan fingerprint density at radius 1 is 1.06 bits per heavy atom. The second kappa shape index (κ2) is 10.0. The highest BCUT2D eigenvalue weighted by Crippen LogP contribution is 2.39. The Hall–Kier alpha value is -3.82. The van der Waals surface area contributed by atoms with Crippen molar-refractivity contribution < 1.29 is 27.5 Å². The SMILES string of the molecule is CC(C)(C(=O)Nc1cc(C2CC(OC(=O)NCc3ccccc3C(F)(F)F)C2)[nH]n1)c1ccccc1. The number of rotatable bonds is 7. The Morgan fingerprint density at radius 3 is 2.42 bits per heavy atom. The summed E-state index contributed by atoms with van der Waals surface area (Å²) in [6.07, 6.45) is -4.54. The average Bonchev–Trinajstić information content (AvgIpc) is 3.27. The van der Waals surface area contributed by atoms with Gasteiger partial charge in [0.25, 0.3) is 0 Å². The van der Waals surface area contributed by atoms with Crippen LogP contribution in [0.4, 0.5) is 23.8 Å². The van der Waals surface area contributed by atoms with Crippen LogP contribution in [0.1, 0.15) is 55.0 Å². The number of nitrogens with one attached hydrogen (secondary N) is 3. The lowest BCUT2D eigenvalue weighted by atomic mass is 9.80. The summed E-state index contributed by atoms with van der Waals surface area (Å²) in [5, 5.41) is 12.3. The molecular formula is C26H27F3N4O3.